The molecule has 16 heavy (non-hydrogen) atoms. The lowest BCUT2D eigenvalue weighted by atomic mass is 9.95. The number of hydrogen-bond donors (Lipinski definition) is 1. The van der Waals surface area contributed by atoms with Gasteiger partial charge in [0, 0.05) is 24.5 Å². The van der Waals surface area contributed by atoms with E-state index in [-0.39, 0.29) is 12.4 Å². The molecule has 4 nitrogen and oxygen atoms in total. The minimum Gasteiger partial charge on any atom is -0.317 e. The fraction of sp³-hybridized carbons (Fsp3) is 0.455. The Morgan fingerprint density at radius 1 is 1.31 bits per heavy atom. The zero-order valence-corrected chi connectivity index (χ0v) is 9.78. The first-order valence-electron chi connectivity index (χ1n) is 5.44. The summed E-state index contributed by atoms with van der Waals surface area (Å²) in [6.07, 6.45) is 8.26. The van der Waals surface area contributed by atoms with Crippen molar-refractivity contribution in [3.63, 3.8) is 0 Å². The largest absolute Gasteiger partial charge is 0.317 e. The van der Waals surface area contributed by atoms with E-state index in [0.29, 0.717) is 5.92 Å². The van der Waals surface area contributed by atoms with Gasteiger partial charge in [-0.2, -0.15) is 0 Å². The van der Waals surface area contributed by atoms with Crippen LogP contribution in [-0.4, -0.2) is 27.5 Å². The molecule has 0 saturated carbocycles. The van der Waals surface area contributed by atoms with Crippen LogP contribution in [0, 0.1) is 0 Å². The van der Waals surface area contributed by atoms with E-state index in [1.807, 2.05) is 16.7 Å². The normalized spacial score (nSPS) is 17.2. The number of hydrogen-bond acceptors (Lipinski definition) is 3. The molecule has 0 radical (unpaired) electrons. The van der Waals surface area contributed by atoms with Crippen LogP contribution in [0.15, 0.2) is 24.7 Å². The molecule has 0 unspecified atom stereocenters. The molecular weight excluding hydrogens is 224 g/mol. The maximum atomic E-state index is 4.56. The summed E-state index contributed by atoms with van der Waals surface area (Å²) in [5, 5.41) is 3.37. The van der Waals surface area contributed by atoms with Gasteiger partial charge in [-0.1, -0.05) is 0 Å². The smallest absolute Gasteiger partial charge is 0.233 e. The maximum absolute atomic E-state index is 4.56. The van der Waals surface area contributed by atoms with Crippen LogP contribution in [0.1, 0.15) is 24.5 Å². The van der Waals surface area contributed by atoms with Gasteiger partial charge in [-0.25, -0.2) is 9.97 Å². The second-order valence-electron chi connectivity index (χ2n) is 4.02. The summed E-state index contributed by atoms with van der Waals surface area (Å²) in [6, 6.07) is 1.93. The third kappa shape index (κ3) is 2.03. The number of nitrogens with one attached hydrogen (secondary N) is 1. The number of fused-ring (bicyclic) bond motifs is 1. The van der Waals surface area contributed by atoms with Crippen molar-refractivity contribution in [2.24, 2.45) is 0 Å². The van der Waals surface area contributed by atoms with E-state index in [9.17, 15) is 0 Å². The number of piperidine rings is 1. The van der Waals surface area contributed by atoms with Crippen molar-refractivity contribution < 1.29 is 0 Å². The first-order chi connectivity index (χ1) is 7.43. The van der Waals surface area contributed by atoms with E-state index < -0.39 is 0 Å². The molecule has 5 heteroatoms. The van der Waals surface area contributed by atoms with Gasteiger partial charge in [0.2, 0.25) is 5.78 Å². The van der Waals surface area contributed by atoms with Gasteiger partial charge in [0.05, 0.1) is 5.69 Å². The van der Waals surface area contributed by atoms with Crippen LogP contribution in [0.4, 0.5) is 0 Å². The lowest BCUT2D eigenvalue weighted by Crippen LogP contribution is -2.26. The van der Waals surface area contributed by atoms with E-state index in [4.69, 9.17) is 0 Å². The van der Waals surface area contributed by atoms with E-state index >= 15 is 0 Å². The highest BCUT2D eigenvalue weighted by Gasteiger charge is 2.17. The Morgan fingerprint density at radius 2 is 2.12 bits per heavy atom. The zero-order valence-electron chi connectivity index (χ0n) is 8.97. The van der Waals surface area contributed by atoms with Crippen molar-refractivity contribution in [1.29, 1.82) is 0 Å². The highest BCUT2D eigenvalue weighted by molar-refractivity contribution is 5.85. The summed E-state index contributed by atoms with van der Waals surface area (Å²) in [4.78, 5) is 8.79. The first-order valence-corrected chi connectivity index (χ1v) is 5.44. The minimum absolute atomic E-state index is 0. The third-order valence-electron chi connectivity index (χ3n) is 3.01. The molecule has 0 aliphatic carbocycles. The standard InChI is InChI=1S/C11H14N4.ClH/c1-4-13-11-14-10(8-15(11)7-1)9-2-5-12-6-3-9;/h1,4,7-9,12H,2-3,5-6H2;1H. The van der Waals surface area contributed by atoms with Gasteiger partial charge < -0.3 is 5.32 Å². The summed E-state index contributed by atoms with van der Waals surface area (Å²) in [5.41, 5.74) is 1.19. The predicted octanol–water partition coefficient (Wildman–Crippen LogP) is 1.62. The number of nitrogens with zero attached hydrogens (tertiary/aromatic N) is 3. The quantitative estimate of drug-likeness (QED) is 0.821. The average molecular weight is 239 g/mol. The minimum atomic E-state index is 0. The average Bonchev–Trinajstić information content (AvgIpc) is 2.74. The lowest BCUT2D eigenvalue weighted by molar-refractivity contribution is 0.454. The summed E-state index contributed by atoms with van der Waals surface area (Å²) >= 11 is 0. The molecule has 1 aliphatic heterocycles. The Balaban J connectivity index is 0.000000963. The molecule has 2 aromatic heterocycles. The van der Waals surface area contributed by atoms with Gasteiger partial charge in [-0.3, -0.25) is 4.40 Å². The fourth-order valence-electron chi connectivity index (χ4n) is 2.16. The molecule has 1 saturated heterocycles. The van der Waals surface area contributed by atoms with Gasteiger partial charge in [0.1, 0.15) is 0 Å². The Bertz CT molecular complexity index is 429. The maximum Gasteiger partial charge on any atom is 0.233 e. The number of rotatable bonds is 1. The second-order valence-corrected chi connectivity index (χ2v) is 4.02. The molecule has 0 bridgehead atoms. The molecule has 0 aromatic carbocycles. The topological polar surface area (TPSA) is 42.2 Å². The molecule has 1 fully saturated rings. The molecule has 2 aromatic rings. The van der Waals surface area contributed by atoms with E-state index in [1.165, 1.54) is 18.5 Å². The van der Waals surface area contributed by atoms with Crippen LogP contribution < -0.4 is 5.32 Å². The Hall–Kier alpha value is -1.13. The highest BCUT2D eigenvalue weighted by atomic mass is 35.5. The molecule has 0 atom stereocenters. The van der Waals surface area contributed by atoms with Crippen LogP contribution in [0.2, 0.25) is 0 Å². The summed E-state index contributed by atoms with van der Waals surface area (Å²) in [5.74, 6) is 1.42. The molecule has 3 heterocycles. The van der Waals surface area contributed by atoms with Gasteiger partial charge in [0.25, 0.3) is 0 Å². The van der Waals surface area contributed by atoms with E-state index in [1.54, 1.807) is 6.20 Å². The number of halogens is 1. The van der Waals surface area contributed by atoms with Crippen molar-refractivity contribution in [1.82, 2.24) is 19.7 Å². The molecule has 86 valence electrons. The fourth-order valence-corrected chi connectivity index (χ4v) is 2.16. The molecule has 1 N–H and O–H groups in total. The van der Waals surface area contributed by atoms with Gasteiger partial charge >= 0.3 is 0 Å². The van der Waals surface area contributed by atoms with Crippen LogP contribution in [0.5, 0.6) is 0 Å². The molecule has 0 spiro atoms. The predicted molar refractivity (Wildman–Crippen MR) is 65.1 cm³/mol. The van der Waals surface area contributed by atoms with Crippen LogP contribution >= 0.6 is 12.4 Å². The Labute approximate surface area is 101 Å². The van der Waals surface area contributed by atoms with Crippen molar-refractivity contribution in [2.75, 3.05) is 13.1 Å². The lowest BCUT2D eigenvalue weighted by Gasteiger charge is -2.20. The zero-order chi connectivity index (χ0) is 10.1. The first kappa shape index (κ1) is 11.4. The van der Waals surface area contributed by atoms with Crippen molar-refractivity contribution >= 4 is 18.2 Å². The monoisotopic (exact) mass is 238 g/mol. The van der Waals surface area contributed by atoms with Crippen LogP contribution in [-0.2, 0) is 0 Å². The van der Waals surface area contributed by atoms with Crippen molar-refractivity contribution in [2.45, 2.75) is 18.8 Å². The highest BCUT2D eigenvalue weighted by Crippen LogP contribution is 2.23. The van der Waals surface area contributed by atoms with E-state index in [0.717, 1.165) is 18.9 Å². The molecule has 3 rings (SSSR count). The summed E-state index contributed by atoms with van der Waals surface area (Å²) < 4.78 is 2.00. The van der Waals surface area contributed by atoms with Crippen LogP contribution in [0.25, 0.3) is 5.78 Å². The number of aromatic nitrogens is 3. The summed E-state index contributed by atoms with van der Waals surface area (Å²) in [7, 11) is 0. The van der Waals surface area contributed by atoms with Crippen LogP contribution in [0.3, 0.4) is 0 Å². The SMILES string of the molecule is Cl.c1cnc2nc(C3CCNCC3)cn2c1. The Kier molecular flexibility index (Phi) is 3.41. The van der Waals surface area contributed by atoms with Gasteiger partial charge in [-0.15, -0.1) is 12.4 Å². The van der Waals surface area contributed by atoms with Gasteiger partial charge in [-0.05, 0) is 32.0 Å². The molecular formula is C11H15ClN4. The van der Waals surface area contributed by atoms with Crippen molar-refractivity contribution in [3.05, 3.63) is 30.4 Å². The van der Waals surface area contributed by atoms with Crippen molar-refractivity contribution in [3.8, 4) is 0 Å². The van der Waals surface area contributed by atoms with E-state index in [2.05, 4.69) is 21.5 Å². The summed E-state index contributed by atoms with van der Waals surface area (Å²) in [6.45, 7) is 2.21. The second kappa shape index (κ2) is 4.80. The third-order valence-corrected chi connectivity index (χ3v) is 3.01. The number of imidazole rings is 1. The molecule has 1 aliphatic rings. The molecule has 0 amide bonds. The Morgan fingerprint density at radius 3 is 2.88 bits per heavy atom. The van der Waals surface area contributed by atoms with Gasteiger partial charge in [0.15, 0.2) is 0 Å².